The van der Waals surface area contributed by atoms with Crippen LogP contribution in [0.1, 0.15) is 41.5 Å². The normalized spacial score (nSPS) is 12.6. The molecule has 0 aromatic heterocycles. The summed E-state index contributed by atoms with van der Waals surface area (Å²) in [6.07, 6.45) is 0. The molecule has 0 saturated carbocycles. The van der Waals surface area contributed by atoms with Gasteiger partial charge in [-0.2, -0.15) is 0 Å². The van der Waals surface area contributed by atoms with Gasteiger partial charge in [-0.15, -0.1) is 0 Å². The lowest BCUT2D eigenvalue weighted by atomic mass is 10.2. The van der Waals surface area contributed by atoms with Crippen LogP contribution in [-0.2, 0) is 14.0 Å². The molecule has 0 fully saturated rings. The monoisotopic (exact) mass is 382 g/mol. The smallest absolute Gasteiger partial charge is 0.344 e. The van der Waals surface area contributed by atoms with Gasteiger partial charge >= 0.3 is 5.97 Å². The molecule has 6 heteroatoms. The summed E-state index contributed by atoms with van der Waals surface area (Å²) in [6, 6.07) is 7.29. The summed E-state index contributed by atoms with van der Waals surface area (Å²) in [7, 11) is -1.78. The zero-order chi connectivity index (χ0) is 20.0. The Morgan fingerprint density at radius 1 is 0.923 bits per heavy atom. The fourth-order valence-corrected chi connectivity index (χ4v) is 2.89. The number of carbonyl (C=O) groups excluding carboxylic acids is 1. The summed E-state index contributed by atoms with van der Waals surface area (Å²) < 4.78 is 22.7. The van der Waals surface area contributed by atoms with Crippen molar-refractivity contribution in [1.82, 2.24) is 0 Å². The van der Waals surface area contributed by atoms with E-state index in [4.69, 9.17) is 18.6 Å². The lowest BCUT2D eigenvalue weighted by Gasteiger charge is -2.36. The number of para-hydroxylation sites is 2. The number of hydrogen-bond acceptors (Lipinski definition) is 5. The molecule has 0 atom stereocenters. The quantitative estimate of drug-likeness (QED) is 0.367. The minimum atomic E-state index is -1.78. The average Bonchev–Trinajstić information content (AvgIpc) is 2.47. The predicted octanol–water partition coefficient (Wildman–Crippen LogP) is 4.81. The second kappa shape index (κ2) is 8.91. The largest absolute Gasteiger partial charge is 0.487 e. The van der Waals surface area contributed by atoms with Crippen molar-refractivity contribution in [2.75, 3.05) is 19.8 Å². The number of ether oxygens (including phenoxy) is 3. The van der Waals surface area contributed by atoms with E-state index in [-0.39, 0.29) is 11.6 Å². The predicted molar refractivity (Wildman–Crippen MR) is 106 cm³/mol. The molecule has 0 N–H and O–H groups in total. The van der Waals surface area contributed by atoms with Crippen molar-refractivity contribution in [1.29, 1.82) is 0 Å². The van der Waals surface area contributed by atoms with E-state index in [0.29, 0.717) is 24.7 Å². The van der Waals surface area contributed by atoms with E-state index in [1.807, 2.05) is 39.0 Å². The fraction of sp³-hybridized carbons (Fsp3) is 0.650. The molecule has 0 amide bonds. The number of benzene rings is 1. The van der Waals surface area contributed by atoms with Crippen molar-refractivity contribution in [2.24, 2.45) is 0 Å². The SMILES string of the molecule is CC(C)(C)OC(=O)COc1ccccc1OCCO[Si](C)(C)C(C)(C)C. The van der Waals surface area contributed by atoms with Crippen LogP contribution in [0.3, 0.4) is 0 Å². The molecule has 0 spiro atoms. The van der Waals surface area contributed by atoms with Gasteiger partial charge in [0.05, 0.1) is 6.61 Å². The van der Waals surface area contributed by atoms with Gasteiger partial charge < -0.3 is 18.6 Å². The Labute approximate surface area is 159 Å². The standard InChI is InChI=1S/C20H34O5Si/c1-19(2,3)25-18(21)15-23-17-12-10-9-11-16(17)22-13-14-24-26(7,8)20(4,5)6/h9-12H,13-15H2,1-8H3. The van der Waals surface area contributed by atoms with Gasteiger partial charge in [0.25, 0.3) is 0 Å². The molecule has 0 aliphatic heterocycles. The van der Waals surface area contributed by atoms with E-state index in [2.05, 4.69) is 33.9 Å². The van der Waals surface area contributed by atoms with Crippen molar-refractivity contribution < 1.29 is 23.4 Å². The molecule has 0 heterocycles. The zero-order valence-corrected chi connectivity index (χ0v) is 18.5. The second-order valence-corrected chi connectivity index (χ2v) is 13.6. The van der Waals surface area contributed by atoms with Gasteiger partial charge in [-0.3, -0.25) is 0 Å². The van der Waals surface area contributed by atoms with E-state index in [1.165, 1.54) is 0 Å². The molecule has 0 bridgehead atoms. The molecule has 0 aliphatic carbocycles. The summed E-state index contributed by atoms with van der Waals surface area (Å²) in [4.78, 5) is 11.8. The molecular weight excluding hydrogens is 348 g/mol. The molecule has 5 nitrogen and oxygen atoms in total. The van der Waals surface area contributed by atoms with Gasteiger partial charge in [0, 0.05) is 0 Å². The van der Waals surface area contributed by atoms with Crippen LogP contribution in [-0.4, -0.2) is 39.7 Å². The number of esters is 1. The van der Waals surface area contributed by atoms with Gasteiger partial charge in [-0.05, 0) is 51.0 Å². The van der Waals surface area contributed by atoms with E-state index < -0.39 is 19.9 Å². The Hall–Kier alpha value is -1.53. The highest BCUT2D eigenvalue weighted by atomic mass is 28.4. The summed E-state index contributed by atoms with van der Waals surface area (Å²) >= 11 is 0. The molecule has 1 aromatic rings. The Morgan fingerprint density at radius 3 is 1.96 bits per heavy atom. The Kier molecular flexibility index (Phi) is 7.71. The molecule has 0 aliphatic rings. The first-order valence-corrected chi connectivity index (χ1v) is 11.9. The maximum absolute atomic E-state index is 11.8. The van der Waals surface area contributed by atoms with Crippen LogP contribution in [0.5, 0.6) is 11.5 Å². The minimum absolute atomic E-state index is 0.155. The Bertz CT molecular complexity index is 585. The first-order valence-electron chi connectivity index (χ1n) is 9.02. The lowest BCUT2D eigenvalue weighted by molar-refractivity contribution is -0.157. The van der Waals surface area contributed by atoms with E-state index in [0.717, 1.165) is 0 Å². The fourth-order valence-electron chi connectivity index (χ4n) is 1.86. The minimum Gasteiger partial charge on any atom is -0.487 e. The first-order chi connectivity index (χ1) is 11.8. The molecule has 1 rings (SSSR count). The zero-order valence-electron chi connectivity index (χ0n) is 17.5. The van der Waals surface area contributed by atoms with Crippen molar-refractivity contribution in [3.05, 3.63) is 24.3 Å². The topological polar surface area (TPSA) is 54.0 Å². The highest BCUT2D eigenvalue weighted by Crippen LogP contribution is 2.36. The van der Waals surface area contributed by atoms with Crippen LogP contribution in [0.2, 0.25) is 18.1 Å². The third-order valence-corrected chi connectivity index (χ3v) is 8.76. The molecule has 0 unspecified atom stereocenters. The first kappa shape index (κ1) is 22.5. The van der Waals surface area contributed by atoms with E-state index in [9.17, 15) is 4.79 Å². The summed E-state index contributed by atoms with van der Waals surface area (Å²) in [5, 5.41) is 0.168. The summed E-state index contributed by atoms with van der Waals surface area (Å²) in [6.45, 7) is 17.3. The molecule has 1 aromatic carbocycles. The average molecular weight is 383 g/mol. The Morgan fingerprint density at radius 2 is 1.46 bits per heavy atom. The molecule has 0 saturated heterocycles. The lowest BCUT2D eigenvalue weighted by Crippen LogP contribution is -2.41. The van der Waals surface area contributed by atoms with Crippen molar-refractivity contribution in [3.63, 3.8) is 0 Å². The van der Waals surface area contributed by atoms with Gasteiger partial charge in [-0.1, -0.05) is 32.9 Å². The maximum atomic E-state index is 11.8. The van der Waals surface area contributed by atoms with E-state index in [1.54, 1.807) is 6.07 Å². The van der Waals surface area contributed by atoms with Crippen molar-refractivity contribution in [3.8, 4) is 11.5 Å². The number of carbonyl (C=O) groups is 1. The summed E-state index contributed by atoms with van der Waals surface area (Å²) in [5.41, 5.74) is -0.530. The van der Waals surface area contributed by atoms with Crippen molar-refractivity contribution >= 4 is 14.3 Å². The van der Waals surface area contributed by atoms with Crippen LogP contribution in [0, 0.1) is 0 Å². The van der Waals surface area contributed by atoms with Crippen LogP contribution in [0.25, 0.3) is 0 Å². The number of hydrogen-bond donors (Lipinski definition) is 0. The number of rotatable bonds is 8. The third kappa shape index (κ3) is 7.79. The van der Waals surface area contributed by atoms with Crippen LogP contribution < -0.4 is 9.47 Å². The van der Waals surface area contributed by atoms with Gasteiger partial charge in [-0.25, -0.2) is 4.79 Å². The van der Waals surface area contributed by atoms with Crippen LogP contribution in [0.4, 0.5) is 0 Å². The third-order valence-electron chi connectivity index (χ3n) is 4.22. The van der Waals surface area contributed by atoms with Crippen molar-refractivity contribution in [2.45, 2.75) is 65.3 Å². The second-order valence-electron chi connectivity index (χ2n) is 8.78. The highest BCUT2D eigenvalue weighted by Gasteiger charge is 2.36. The molecule has 148 valence electrons. The Balaban J connectivity index is 2.53. The van der Waals surface area contributed by atoms with Crippen LogP contribution in [0.15, 0.2) is 24.3 Å². The molecule has 0 radical (unpaired) electrons. The molecule has 26 heavy (non-hydrogen) atoms. The van der Waals surface area contributed by atoms with Crippen LogP contribution >= 0.6 is 0 Å². The van der Waals surface area contributed by atoms with Gasteiger partial charge in [0.15, 0.2) is 26.4 Å². The van der Waals surface area contributed by atoms with Gasteiger partial charge in [0.2, 0.25) is 0 Å². The highest BCUT2D eigenvalue weighted by molar-refractivity contribution is 6.74. The molecular formula is C20H34O5Si. The maximum Gasteiger partial charge on any atom is 0.344 e. The summed E-state index contributed by atoms with van der Waals surface area (Å²) in [5.74, 6) is 0.703. The van der Waals surface area contributed by atoms with Gasteiger partial charge in [0.1, 0.15) is 12.2 Å². The van der Waals surface area contributed by atoms with E-state index >= 15 is 0 Å².